The SMILES string of the molecule is CC(C)(C)NS(=O)(=O)c1ccc(-c2c(C(N)=O)c3cc(F)c(OC(F)F)cc3n2C2CCC2)nc1. The Morgan fingerprint density at radius 1 is 1.26 bits per heavy atom. The molecule has 1 amide bonds. The van der Waals surface area contributed by atoms with Crippen LogP contribution in [-0.2, 0) is 10.0 Å². The van der Waals surface area contributed by atoms with Crippen LogP contribution in [0.3, 0.4) is 0 Å². The van der Waals surface area contributed by atoms with Gasteiger partial charge in [0.25, 0.3) is 5.91 Å². The first kappa shape index (κ1) is 25.0. The van der Waals surface area contributed by atoms with Gasteiger partial charge in [-0.25, -0.2) is 17.5 Å². The summed E-state index contributed by atoms with van der Waals surface area (Å²) in [6.07, 6.45) is 3.53. The second-order valence-electron chi connectivity index (χ2n) is 9.46. The monoisotopic (exact) mass is 510 g/mol. The largest absolute Gasteiger partial charge is 0.432 e. The molecule has 188 valence electrons. The first-order valence-corrected chi connectivity index (χ1v) is 12.4. The van der Waals surface area contributed by atoms with Gasteiger partial charge in [-0.3, -0.25) is 9.78 Å². The van der Waals surface area contributed by atoms with Crippen LogP contribution >= 0.6 is 0 Å². The molecule has 35 heavy (non-hydrogen) atoms. The van der Waals surface area contributed by atoms with Crippen LogP contribution in [0.25, 0.3) is 22.3 Å². The lowest BCUT2D eigenvalue weighted by molar-refractivity contribution is -0.0521. The lowest BCUT2D eigenvalue weighted by atomic mass is 9.92. The number of nitrogens with one attached hydrogen (secondary N) is 1. The van der Waals surface area contributed by atoms with Crippen molar-refractivity contribution in [2.24, 2.45) is 5.73 Å². The fourth-order valence-corrected chi connectivity index (χ4v) is 5.53. The minimum absolute atomic E-state index is 0.0367. The molecule has 1 saturated carbocycles. The average Bonchev–Trinajstić information content (AvgIpc) is 2.99. The van der Waals surface area contributed by atoms with E-state index < -0.39 is 39.6 Å². The minimum Gasteiger partial charge on any atom is -0.432 e. The molecular formula is C23H25F3N4O4S. The highest BCUT2D eigenvalue weighted by Crippen LogP contribution is 2.43. The molecule has 1 aliphatic rings. The van der Waals surface area contributed by atoms with Crippen molar-refractivity contribution in [2.45, 2.75) is 63.1 Å². The molecule has 2 heterocycles. The lowest BCUT2D eigenvalue weighted by Gasteiger charge is -2.30. The van der Waals surface area contributed by atoms with E-state index >= 15 is 0 Å². The van der Waals surface area contributed by atoms with Gasteiger partial charge in [0.15, 0.2) is 11.6 Å². The van der Waals surface area contributed by atoms with Crippen LogP contribution in [0, 0.1) is 5.82 Å². The van der Waals surface area contributed by atoms with Gasteiger partial charge >= 0.3 is 6.61 Å². The third kappa shape index (κ3) is 4.85. The molecule has 3 N–H and O–H groups in total. The van der Waals surface area contributed by atoms with Crippen LogP contribution in [0.1, 0.15) is 56.4 Å². The van der Waals surface area contributed by atoms with E-state index in [0.29, 0.717) is 5.52 Å². The van der Waals surface area contributed by atoms with E-state index in [1.807, 2.05) is 0 Å². The van der Waals surface area contributed by atoms with Gasteiger partial charge < -0.3 is 15.0 Å². The van der Waals surface area contributed by atoms with Crippen LogP contribution in [0.5, 0.6) is 5.75 Å². The van der Waals surface area contributed by atoms with Crippen molar-refractivity contribution in [1.29, 1.82) is 0 Å². The molecule has 0 aliphatic heterocycles. The number of hydrogen-bond donors (Lipinski definition) is 2. The van der Waals surface area contributed by atoms with E-state index in [2.05, 4.69) is 14.4 Å². The number of nitrogens with zero attached hydrogens (tertiary/aromatic N) is 2. The highest BCUT2D eigenvalue weighted by molar-refractivity contribution is 7.89. The summed E-state index contributed by atoms with van der Waals surface area (Å²) in [6, 6.07) is 4.73. The quantitative estimate of drug-likeness (QED) is 0.490. The predicted octanol–water partition coefficient (Wildman–Crippen LogP) is 4.34. The summed E-state index contributed by atoms with van der Waals surface area (Å²) in [4.78, 5) is 16.7. The number of alkyl halides is 2. The van der Waals surface area contributed by atoms with Crippen molar-refractivity contribution < 1.29 is 31.1 Å². The molecule has 4 rings (SSSR count). The van der Waals surface area contributed by atoms with Crippen LogP contribution in [0.2, 0.25) is 0 Å². The number of primary amides is 1. The topological polar surface area (TPSA) is 116 Å². The Kier molecular flexibility index (Phi) is 6.30. The summed E-state index contributed by atoms with van der Waals surface area (Å²) in [5, 5.41) is 0.131. The fraction of sp³-hybridized carbons (Fsp3) is 0.391. The number of fused-ring (bicyclic) bond motifs is 1. The Labute approximate surface area is 200 Å². The average molecular weight is 511 g/mol. The van der Waals surface area contributed by atoms with Crippen LogP contribution < -0.4 is 15.2 Å². The molecule has 8 nitrogen and oxygen atoms in total. The number of carbonyl (C=O) groups excluding carboxylic acids is 1. The molecule has 3 aromatic rings. The summed E-state index contributed by atoms with van der Waals surface area (Å²) in [7, 11) is -3.86. The fourth-order valence-electron chi connectivity index (χ4n) is 4.16. The summed E-state index contributed by atoms with van der Waals surface area (Å²) >= 11 is 0. The molecule has 0 spiro atoms. The molecule has 1 aliphatic carbocycles. The minimum atomic E-state index is -3.86. The number of hydrogen-bond acceptors (Lipinski definition) is 5. The number of nitrogens with two attached hydrogens (primary N) is 1. The number of amides is 1. The number of rotatable bonds is 7. The van der Waals surface area contributed by atoms with Gasteiger partial charge in [0.05, 0.1) is 22.5 Å². The van der Waals surface area contributed by atoms with Crippen molar-refractivity contribution in [3.05, 3.63) is 41.8 Å². The number of pyridine rings is 1. The number of benzene rings is 1. The summed E-state index contributed by atoms with van der Waals surface area (Å²) in [5.74, 6) is -2.59. The number of carbonyl (C=O) groups is 1. The van der Waals surface area contributed by atoms with Crippen LogP contribution in [0.15, 0.2) is 35.4 Å². The maximum absolute atomic E-state index is 14.6. The summed E-state index contributed by atoms with van der Waals surface area (Å²) in [6.45, 7) is 1.87. The van der Waals surface area contributed by atoms with Gasteiger partial charge in [0.2, 0.25) is 10.0 Å². The Morgan fingerprint density at radius 2 is 1.94 bits per heavy atom. The first-order chi connectivity index (χ1) is 16.3. The Balaban J connectivity index is 1.93. The van der Waals surface area contributed by atoms with Gasteiger partial charge in [-0.15, -0.1) is 0 Å². The van der Waals surface area contributed by atoms with E-state index in [-0.39, 0.29) is 33.3 Å². The summed E-state index contributed by atoms with van der Waals surface area (Å²) in [5.41, 5.74) is 5.71. The third-order valence-electron chi connectivity index (χ3n) is 5.69. The zero-order valence-electron chi connectivity index (χ0n) is 19.3. The van der Waals surface area contributed by atoms with Crippen molar-refractivity contribution >= 4 is 26.8 Å². The molecule has 0 atom stereocenters. The third-order valence-corrected chi connectivity index (χ3v) is 7.43. The van der Waals surface area contributed by atoms with Crippen molar-refractivity contribution in [3.63, 3.8) is 0 Å². The zero-order chi connectivity index (χ0) is 25.7. The maximum Gasteiger partial charge on any atom is 0.387 e. The molecular weight excluding hydrogens is 485 g/mol. The van der Waals surface area contributed by atoms with Gasteiger partial charge in [0.1, 0.15) is 4.90 Å². The molecule has 0 unspecified atom stereocenters. The Bertz CT molecular complexity index is 1390. The van der Waals surface area contributed by atoms with Crippen molar-refractivity contribution in [3.8, 4) is 17.1 Å². The number of ether oxygens (including phenoxy) is 1. The molecule has 12 heteroatoms. The zero-order valence-corrected chi connectivity index (χ0v) is 20.1. The second-order valence-corrected chi connectivity index (χ2v) is 11.1. The van der Waals surface area contributed by atoms with Gasteiger partial charge in [-0.1, -0.05) is 0 Å². The van der Waals surface area contributed by atoms with Crippen molar-refractivity contribution in [2.75, 3.05) is 0 Å². The van der Waals surface area contributed by atoms with E-state index in [9.17, 15) is 26.4 Å². The smallest absolute Gasteiger partial charge is 0.387 e. The molecule has 2 aromatic heterocycles. The second kappa shape index (κ2) is 8.83. The molecule has 0 bridgehead atoms. The Hall–Kier alpha value is -3.12. The van der Waals surface area contributed by atoms with E-state index in [1.165, 1.54) is 12.1 Å². The highest BCUT2D eigenvalue weighted by Gasteiger charge is 2.32. The Morgan fingerprint density at radius 3 is 2.43 bits per heavy atom. The van der Waals surface area contributed by atoms with Gasteiger partial charge in [-0.2, -0.15) is 8.78 Å². The van der Waals surface area contributed by atoms with Crippen LogP contribution in [0.4, 0.5) is 13.2 Å². The standard InChI is InChI=1S/C23H25F3N4O4S/c1-23(2,3)29-35(32,33)13-7-8-16(28-11-13)20-19(21(27)31)14-9-15(24)18(34-22(25)26)10-17(14)30(20)12-5-4-6-12/h7-12,22,29H,4-6H2,1-3H3,(H2,27,31). The number of sulfonamides is 1. The number of halogens is 3. The van der Waals surface area contributed by atoms with E-state index in [0.717, 1.165) is 37.6 Å². The van der Waals surface area contributed by atoms with Crippen molar-refractivity contribution in [1.82, 2.24) is 14.3 Å². The number of aromatic nitrogens is 2. The van der Waals surface area contributed by atoms with E-state index in [1.54, 1.807) is 25.3 Å². The molecule has 1 fully saturated rings. The predicted molar refractivity (Wildman–Crippen MR) is 123 cm³/mol. The normalized spacial score (nSPS) is 14.9. The maximum atomic E-state index is 14.6. The van der Waals surface area contributed by atoms with Gasteiger partial charge in [0, 0.05) is 29.2 Å². The first-order valence-electron chi connectivity index (χ1n) is 10.9. The lowest BCUT2D eigenvalue weighted by Crippen LogP contribution is -2.40. The highest BCUT2D eigenvalue weighted by atomic mass is 32.2. The molecule has 1 aromatic carbocycles. The summed E-state index contributed by atoms with van der Waals surface area (Å²) < 4.78 is 74.1. The van der Waals surface area contributed by atoms with Crippen LogP contribution in [-0.4, -0.2) is 36.0 Å². The molecule has 0 saturated heterocycles. The van der Waals surface area contributed by atoms with E-state index in [4.69, 9.17) is 5.73 Å². The van der Waals surface area contributed by atoms with Gasteiger partial charge in [-0.05, 0) is 58.2 Å². The molecule has 0 radical (unpaired) electrons.